The molecule has 7 heteroatoms. The first-order chi connectivity index (χ1) is 9.19. The smallest absolute Gasteiger partial charge is 0.365 e. The van der Waals surface area contributed by atoms with Gasteiger partial charge in [-0.05, 0) is 16.0 Å². The summed E-state index contributed by atoms with van der Waals surface area (Å²) in [6, 6.07) is 4.86. The standard InChI is InChI=1S/C12H15N3O4/c16-15(17)11-3-1-2-10(13-11)14-5-7-19-12(8-14)4-6-18-9-12/h1-3H,4-9H2. The third kappa shape index (κ3) is 2.39. The van der Waals surface area contributed by atoms with Crippen LogP contribution in [0.25, 0.3) is 0 Å². The molecule has 0 aliphatic carbocycles. The van der Waals surface area contributed by atoms with Gasteiger partial charge >= 0.3 is 5.82 Å². The van der Waals surface area contributed by atoms with E-state index in [0.717, 1.165) is 6.42 Å². The minimum Gasteiger partial charge on any atom is -0.378 e. The van der Waals surface area contributed by atoms with Crippen molar-refractivity contribution in [2.75, 3.05) is 37.8 Å². The van der Waals surface area contributed by atoms with Crippen LogP contribution in [0.15, 0.2) is 18.2 Å². The van der Waals surface area contributed by atoms with E-state index in [0.29, 0.717) is 38.7 Å². The van der Waals surface area contributed by atoms with Crippen molar-refractivity contribution >= 4 is 11.6 Å². The fourth-order valence-electron chi connectivity index (χ4n) is 2.56. The number of morpholine rings is 1. The predicted octanol–water partition coefficient (Wildman–Crippen LogP) is 0.985. The van der Waals surface area contributed by atoms with Crippen LogP contribution in [0.3, 0.4) is 0 Å². The summed E-state index contributed by atoms with van der Waals surface area (Å²) in [6.07, 6.45) is 0.860. The lowest BCUT2D eigenvalue weighted by Gasteiger charge is -2.38. The average Bonchev–Trinajstić information content (AvgIpc) is 2.87. The molecule has 1 unspecified atom stereocenters. The maximum Gasteiger partial charge on any atom is 0.365 e. The molecule has 2 aliphatic heterocycles. The van der Waals surface area contributed by atoms with Gasteiger partial charge in [0.05, 0.1) is 19.8 Å². The second-order valence-electron chi connectivity index (χ2n) is 4.87. The molecule has 0 amide bonds. The van der Waals surface area contributed by atoms with E-state index in [4.69, 9.17) is 9.47 Å². The lowest BCUT2D eigenvalue weighted by molar-refractivity contribution is -0.389. The highest BCUT2D eigenvalue weighted by Crippen LogP contribution is 2.29. The van der Waals surface area contributed by atoms with Crippen molar-refractivity contribution in [3.63, 3.8) is 0 Å². The van der Waals surface area contributed by atoms with Crippen molar-refractivity contribution in [2.45, 2.75) is 12.0 Å². The Bertz CT molecular complexity index is 488. The maximum absolute atomic E-state index is 10.8. The fourth-order valence-corrected chi connectivity index (χ4v) is 2.56. The van der Waals surface area contributed by atoms with E-state index in [1.54, 1.807) is 12.1 Å². The van der Waals surface area contributed by atoms with Crippen LogP contribution in [0.5, 0.6) is 0 Å². The van der Waals surface area contributed by atoms with Gasteiger partial charge in [-0.15, -0.1) is 0 Å². The summed E-state index contributed by atoms with van der Waals surface area (Å²) in [5, 5.41) is 10.8. The number of nitrogens with zero attached hydrogens (tertiary/aromatic N) is 3. The molecule has 3 heterocycles. The van der Waals surface area contributed by atoms with Gasteiger partial charge in [0, 0.05) is 31.7 Å². The number of pyridine rings is 1. The number of nitro groups is 1. The van der Waals surface area contributed by atoms with E-state index >= 15 is 0 Å². The molecule has 1 aromatic heterocycles. The third-order valence-electron chi connectivity index (χ3n) is 3.55. The van der Waals surface area contributed by atoms with Gasteiger partial charge in [0.25, 0.3) is 0 Å². The molecule has 1 aromatic rings. The van der Waals surface area contributed by atoms with Gasteiger partial charge in [0.1, 0.15) is 5.60 Å². The maximum atomic E-state index is 10.8. The van der Waals surface area contributed by atoms with Gasteiger partial charge in [0.2, 0.25) is 5.82 Å². The highest BCUT2D eigenvalue weighted by atomic mass is 16.6. The van der Waals surface area contributed by atoms with Gasteiger partial charge in [0.15, 0.2) is 0 Å². The number of hydrogen-bond acceptors (Lipinski definition) is 6. The molecule has 2 fully saturated rings. The Morgan fingerprint density at radius 3 is 3.05 bits per heavy atom. The van der Waals surface area contributed by atoms with E-state index in [2.05, 4.69) is 4.98 Å². The average molecular weight is 265 g/mol. The Morgan fingerprint density at radius 2 is 2.32 bits per heavy atom. The summed E-state index contributed by atoms with van der Waals surface area (Å²) in [6.45, 7) is 3.24. The fraction of sp³-hybridized carbons (Fsp3) is 0.583. The van der Waals surface area contributed by atoms with Crippen LogP contribution in [-0.2, 0) is 9.47 Å². The minimum atomic E-state index is -0.474. The van der Waals surface area contributed by atoms with Crippen molar-refractivity contribution in [2.24, 2.45) is 0 Å². The largest absolute Gasteiger partial charge is 0.378 e. The summed E-state index contributed by atoms with van der Waals surface area (Å²) < 4.78 is 11.2. The second-order valence-corrected chi connectivity index (χ2v) is 4.87. The van der Waals surface area contributed by atoms with Gasteiger partial charge in [-0.25, -0.2) is 0 Å². The highest BCUT2D eigenvalue weighted by molar-refractivity contribution is 5.43. The monoisotopic (exact) mass is 265 g/mol. The lowest BCUT2D eigenvalue weighted by atomic mass is 10.0. The molecule has 1 spiro atoms. The zero-order valence-corrected chi connectivity index (χ0v) is 10.4. The topological polar surface area (TPSA) is 77.7 Å². The Morgan fingerprint density at radius 1 is 1.42 bits per heavy atom. The van der Waals surface area contributed by atoms with Gasteiger partial charge in [-0.1, -0.05) is 0 Å². The number of hydrogen-bond donors (Lipinski definition) is 0. The SMILES string of the molecule is O=[N+]([O-])c1cccc(N2CCOC3(CCOC3)C2)n1. The summed E-state index contributed by atoms with van der Waals surface area (Å²) in [4.78, 5) is 16.4. The van der Waals surface area contributed by atoms with Crippen molar-refractivity contribution in [1.82, 2.24) is 4.98 Å². The van der Waals surface area contributed by atoms with E-state index < -0.39 is 4.92 Å². The second kappa shape index (κ2) is 4.75. The molecular weight excluding hydrogens is 250 g/mol. The molecule has 0 radical (unpaired) electrons. The molecule has 3 rings (SSSR count). The number of anilines is 1. The normalized spacial score (nSPS) is 26.8. The molecular formula is C12H15N3O4. The zero-order chi connectivity index (χ0) is 13.3. The number of aromatic nitrogens is 1. The highest BCUT2D eigenvalue weighted by Gasteiger charge is 2.41. The van der Waals surface area contributed by atoms with E-state index in [-0.39, 0.29) is 11.4 Å². The van der Waals surface area contributed by atoms with Gasteiger partial charge in [-0.3, -0.25) is 0 Å². The van der Waals surface area contributed by atoms with Crippen molar-refractivity contribution in [1.29, 1.82) is 0 Å². The van der Waals surface area contributed by atoms with E-state index in [9.17, 15) is 10.1 Å². The van der Waals surface area contributed by atoms with Crippen LogP contribution >= 0.6 is 0 Å². The summed E-state index contributed by atoms with van der Waals surface area (Å²) in [5.41, 5.74) is -0.273. The van der Waals surface area contributed by atoms with Crippen LogP contribution in [0.1, 0.15) is 6.42 Å². The van der Waals surface area contributed by atoms with Crippen LogP contribution in [-0.4, -0.2) is 48.4 Å². The van der Waals surface area contributed by atoms with E-state index in [1.807, 2.05) is 4.90 Å². The first-order valence-corrected chi connectivity index (χ1v) is 6.27. The molecule has 0 saturated carbocycles. The minimum absolute atomic E-state index is 0.124. The number of rotatable bonds is 2. The quantitative estimate of drug-likeness (QED) is 0.586. The molecule has 0 aromatic carbocycles. The summed E-state index contributed by atoms with van der Waals surface area (Å²) >= 11 is 0. The van der Waals surface area contributed by atoms with Crippen molar-refractivity contribution in [3.8, 4) is 0 Å². The number of ether oxygens (including phenoxy) is 2. The van der Waals surface area contributed by atoms with Gasteiger partial charge in [-0.2, -0.15) is 0 Å². The zero-order valence-electron chi connectivity index (χ0n) is 10.4. The molecule has 0 N–H and O–H groups in total. The van der Waals surface area contributed by atoms with Gasteiger partial charge < -0.3 is 24.5 Å². The van der Waals surface area contributed by atoms with Crippen LogP contribution in [0.2, 0.25) is 0 Å². The van der Waals surface area contributed by atoms with Crippen molar-refractivity contribution in [3.05, 3.63) is 28.3 Å². The van der Waals surface area contributed by atoms with Crippen LogP contribution in [0, 0.1) is 10.1 Å². The molecule has 1 atom stereocenters. The molecule has 0 bridgehead atoms. The Balaban J connectivity index is 1.81. The first-order valence-electron chi connectivity index (χ1n) is 6.27. The summed E-state index contributed by atoms with van der Waals surface area (Å²) in [7, 11) is 0. The van der Waals surface area contributed by atoms with Crippen LogP contribution in [0.4, 0.5) is 11.6 Å². The Kier molecular flexibility index (Phi) is 3.08. The third-order valence-corrected chi connectivity index (χ3v) is 3.55. The molecule has 19 heavy (non-hydrogen) atoms. The molecule has 7 nitrogen and oxygen atoms in total. The molecule has 2 aliphatic rings. The lowest BCUT2D eigenvalue weighted by Crippen LogP contribution is -2.52. The van der Waals surface area contributed by atoms with Crippen LogP contribution < -0.4 is 4.90 Å². The first kappa shape index (κ1) is 12.3. The Hall–Kier alpha value is -1.73. The van der Waals surface area contributed by atoms with E-state index in [1.165, 1.54) is 6.07 Å². The Labute approximate surface area is 110 Å². The van der Waals surface area contributed by atoms with Crippen molar-refractivity contribution < 1.29 is 14.4 Å². The molecule has 102 valence electrons. The molecule has 2 saturated heterocycles. The summed E-state index contributed by atoms with van der Waals surface area (Å²) in [5.74, 6) is 0.504. The predicted molar refractivity (Wildman–Crippen MR) is 67.2 cm³/mol.